The fourth-order valence-electron chi connectivity index (χ4n) is 4.49. The van der Waals surface area contributed by atoms with Crippen LogP contribution in [0.2, 0.25) is 0 Å². The molecule has 0 spiro atoms. The monoisotopic (exact) mass is 591 g/mol. The molecule has 212 valence electrons. The normalized spacial score (nSPS) is 13.7. The zero-order valence-electron chi connectivity index (χ0n) is 22.4. The van der Waals surface area contributed by atoms with Crippen LogP contribution in [0.1, 0.15) is 28.8 Å². The standard InChI is InChI=1S/C29H29N5O5S2/c1-39-28(36)22-14-12-21(13-15-22)19-30-26(35)20-40-29-32-31-27(34(29)24-9-3-2-4-10-24)23-8-7-11-25(18-23)41(37,38)33-16-5-6-17-33/h2-4,7-15,18H,5-6,16-17,19-20H2,1H3,(H,30,35). The first-order chi connectivity index (χ1) is 19.9. The Kier molecular flexibility index (Phi) is 8.81. The number of sulfonamides is 1. The van der Waals surface area contributed by atoms with Crippen LogP contribution in [0.5, 0.6) is 0 Å². The Bertz CT molecular complexity index is 1630. The van der Waals surface area contributed by atoms with Crippen molar-refractivity contribution in [2.24, 2.45) is 0 Å². The minimum absolute atomic E-state index is 0.0919. The number of nitrogens with zero attached hydrogens (tertiary/aromatic N) is 4. The number of carbonyl (C=O) groups is 2. The number of rotatable bonds is 10. The molecule has 4 aromatic rings. The quantitative estimate of drug-likeness (QED) is 0.218. The largest absolute Gasteiger partial charge is 0.465 e. The molecule has 1 aliphatic heterocycles. The first-order valence-corrected chi connectivity index (χ1v) is 15.5. The van der Waals surface area contributed by atoms with Gasteiger partial charge in [0.1, 0.15) is 0 Å². The highest BCUT2D eigenvalue weighted by molar-refractivity contribution is 7.99. The van der Waals surface area contributed by atoms with E-state index in [-0.39, 0.29) is 16.6 Å². The second-order valence-corrected chi connectivity index (χ2v) is 12.3. The van der Waals surface area contributed by atoms with Crippen LogP contribution in [0.3, 0.4) is 0 Å². The number of benzene rings is 3. The van der Waals surface area contributed by atoms with Gasteiger partial charge < -0.3 is 10.1 Å². The summed E-state index contributed by atoms with van der Waals surface area (Å²) in [6, 6.07) is 23.0. The second kappa shape index (κ2) is 12.7. The van der Waals surface area contributed by atoms with E-state index in [1.54, 1.807) is 48.5 Å². The fourth-order valence-corrected chi connectivity index (χ4v) is 6.84. The topological polar surface area (TPSA) is 123 Å². The molecule has 0 bridgehead atoms. The number of para-hydroxylation sites is 1. The van der Waals surface area contributed by atoms with Crippen molar-refractivity contribution in [1.82, 2.24) is 24.4 Å². The van der Waals surface area contributed by atoms with Crippen LogP contribution < -0.4 is 5.32 Å². The summed E-state index contributed by atoms with van der Waals surface area (Å²) in [4.78, 5) is 24.5. The van der Waals surface area contributed by atoms with Gasteiger partial charge in [-0.15, -0.1) is 10.2 Å². The molecule has 0 unspecified atom stereocenters. The van der Waals surface area contributed by atoms with Crippen LogP contribution in [0.15, 0.2) is 88.9 Å². The lowest BCUT2D eigenvalue weighted by molar-refractivity contribution is -0.118. The molecule has 1 aromatic heterocycles. The van der Waals surface area contributed by atoms with Gasteiger partial charge in [0.15, 0.2) is 11.0 Å². The summed E-state index contributed by atoms with van der Waals surface area (Å²) >= 11 is 1.23. The van der Waals surface area contributed by atoms with Gasteiger partial charge in [-0.05, 0) is 54.8 Å². The summed E-state index contributed by atoms with van der Waals surface area (Å²) in [6.45, 7) is 1.35. The van der Waals surface area contributed by atoms with E-state index in [0.29, 0.717) is 41.7 Å². The Labute approximate surface area is 242 Å². The van der Waals surface area contributed by atoms with E-state index in [9.17, 15) is 18.0 Å². The molecule has 1 aliphatic rings. The molecule has 1 saturated heterocycles. The van der Waals surface area contributed by atoms with Gasteiger partial charge in [0.25, 0.3) is 0 Å². The van der Waals surface area contributed by atoms with Gasteiger partial charge in [0.05, 0.1) is 23.3 Å². The van der Waals surface area contributed by atoms with Gasteiger partial charge in [-0.3, -0.25) is 9.36 Å². The lowest BCUT2D eigenvalue weighted by atomic mass is 10.1. The summed E-state index contributed by atoms with van der Waals surface area (Å²) in [7, 11) is -2.28. The van der Waals surface area contributed by atoms with E-state index in [4.69, 9.17) is 4.74 Å². The van der Waals surface area contributed by atoms with E-state index < -0.39 is 16.0 Å². The number of esters is 1. The van der Waals surface area contributed by atoms with E-state index in [2.05, 4.69) is 15.5 Å². The molecular formula is C29H29N5O5S2. The number of carbonyl (C=O) groups excluding carboxylic acids is 2. The van der Waals surface area contributed by atoms with E-state index in [1.165, 1.54) is 23.2 Å². The van der Waals surface area contributed by atoms with Gasteiger partial charge >= 0.3 is 5.97 Å². The summed E-state index contributed by atoms with van der Waals surface area (Å²) in [5, 5.41) is 12.1. The van der Waals surface area contributed by atoms with Gasteiger partial charge in [0, 0.05) is 30.9 Å². The predicted octanol–water partition coefficient (Wildman–Crippen LogP) is 3.91. The van der Waals surface area contributed by atoms with Crippen molar-refractivity contribution in [3.63, 3.8) is 0 Å². The van der Waals surface area contributed by atoms with Gasteiger partial charge in [-0.2, -0.15) is 4.31 Å². The van der Waals surface area contributed by atoms with E-state index >= 15 is 0 Å². The van der Waals surface area contributed by atoms with Crippen molar-refractivity contribution in [3.05, 3.63) is 90.0 Å². The third-order valence-corrected chi connectivity index (χ3v) is 9.46. The first-order valence-electron chi connectivity index (χ1n) is 13.0. The molecule has 1 fully saturated rings. The number of hydrogen-bond acceptors (Lipinski definition) is 8. The zero-order chi connectivity index (χ0) is 28.8. The van der Waals surface area contributed by atoms with Gasteiger partial charge in [-0.1, -0.05) is 54.2 Å². The number of ether oxygens (including phenoxy) is 1. The van der Waals surface area contributed by atoms with Crippen molar-refractivity contribution in [3.8, 4) is 17.1 Å². The van der Waals surface area contributed by atoms with Crippen LogP contribution >= 0.6 is 11.8 Å². The number of methoxy groups -OCH3 is 1. The molecule has 0 atom stereocenters. The third kappa shape index (κ3) is 6.50. The van der Waals surface area contributed by atoms with Crippen LogP contribution in [-0.2, 0) is 26.1 Å². The number of aromatic nitrogens is 3. The Balaban J connectivity index is 1.33. The predicted molar refractivity (Wildman–Crippen MR) is 155 cm³/mol. The third-order valence-electron chi connectivity index (χ3n) is 6.64. The summed E-state index contributed by atoms with van der Waals surface area (Å²) in [5.41, 5.74) is 2.67. The van der Waals surface area contributed by atoms with Crippen LogP contribution in [0.4, 0.5) is 0 Å². The molecule has 2 heterocycles. The highest BCUT2D eigenvalue weighted by Crippen LogP contribution is 2.30. The Morgan fingerprint density at radius 2 is 1.68 bits per heavy atom. The molecule has 1 N–H and O–H groups in total. The lowest BCUT2D eigenvalue weighted by Gasteiger charge is -2.16. The molecular weight excluding hydrogens is 562 g/mol. The van der Waals surface area contributed by atoms with Crippen molar-refractivity contribution in [2.45, 2.75) is 29.4 Å². The van der Waals surface area contributed by atoms with Gasteiger partial charge in [-0.25, -0.2) is 13.2 Å². The number of thioether (sulfide) groups is 1. The first kappa shape index (κ1) is 28.5. The fraction of sp³-hybridized carbons (Fsp3) is 0.241. The maximum atomic E-state index is 13.2. The van der Waals surface area contributed by atoms with Crippen molar-refractivity contribution in [1.29, 1.82) is 0 Å². The molecule has 0 saturated carbocycles. The Morgan fingerprint density at radius 3 is 2.39 bits per heavy atom. The average molecular weight is 592 g/mol. The lowest BCUT2D eigenvalue weighted by Crippen LogP contribution is -2.27. The smallest absolute Gasteiger partial charge is 0.337 e. The molecule has 10 nitrogen and oxygen atoms in total. The minimum atomic E-state index is -3.60. The maximum Gasteiger partial charge on any atom is 0.337 e. The summed E-state index contributed by atoms with van der Waals surface area (Å²) in [6.07, 6.45) is 1.72. The minimum Gasteiger partial charge on any atom is -0.465 e. The molecule has 5 rings (SSSR count). The Hall–Kier alpha value is -4.00. The summed E-state index contributed by atoms with van der Waals surface area (Å²) in [5.74, 6) is -0.0498. The average Bonchev–Trinajstić information content (AvgIpc) is 3.71. The molecule has 41 heavy (non-hydrogen) atoms. The van der Waals surface area contributed by atoms with Crippen molar-refractivity contribution >= 4 is 33.7 Å². The number of hydrogen-bond donors (Lipinski definition) is 1. The van der Waals surface area contributed by atoms with E-state index in [0.717, 1.165) is 24.1 Å². The molecule has 1 amide bonds. The number of amides is 1. The van der Waals surface area contributed by atoms with Crippen molar-refractivity contribution < 1.29 is 22.7 Å². The SMILES string of the molecule is COC(=O)c1ccc(CNC(=O)CSc2nnc(-c3cccc(S(=O)(=O)N4CCCC4)c3)n2-c2ccccc2)cc1. The molecule has 3 aromatic carbocycles. The number of nitrogens with one attached hydrogen (secondary N) is 1. The second-order valence-electron chi connectivity index (χ2n) is 9.37. The van der Waals surface area contributed by atoms with Crippen LogP contribution in [-0.4, -0.2) is 65.3 Å². The van der Waals surface area contributed by atoms with Crippen LogP contribution in [0.25, 0.3) is 17.1 Å². The van der Waals surface area contributed by atoms with Gasteiger partial charge in [0.2, 0.25) is 15.9 Å². The molecule has 0 aliphatic carbocycles. The van der Waals surface area contributed by atoms with E-state index in [1.807, 2.05) is 34.9 Å². The zero-order valence-corrected chi connectivity index (χ0v) is 24.0. The highest BCUT2D eigenvalue weighted by atomic mass is 32.2. The maximum absolute atomic E-state index is 13.2. The molecule has 0 radical (unpaired) electrons. The molecule has 12 heteroatoms. The highest BCUT2D eigenvalue weighted by Gasteiger charge is 2.28. The van der Waals surface area contributed by atoms with Crippen LogP contribution in [0, 0.1) is 0 Å². The Morgan fingerprint density at radius 1 is 0.951 bits per heavy atom. The summed E-state index contributed by atoms with van der Waals surface area (Å²) < 4.78 is 34.4. The van der Waals surface area contributed by atoms with Crippen molar-refractivity contribution in [2.75, 3.05) is 26.0 Å².